The number of hydroxylamine groups is 1. The molecule has 1 aromatic heterocycles. The van der Waals surface area contributed by atoms with Gasteiger partial charge in [-0.05, 0) is 30.7 Å². The second-order valence-electron chi connectivity index (χ2n) is 5.47. The van der Waals surface area contributed by atoms with Crippen molar-refractivity contribution >= 4 is 22.4 Å². The average molecular weight is 335 g/mol. The molecule has 2 aromatic carbocycles. The van der Waals surface area contributed by atoms with Gasteiger partial charge in [0.15, 0.2) is 0 Å². The zero-order chi connectivity index (χ0) is 18.0. The van der Waals surface area contributed by atoms with E-state index in [0.29, 0.717) is 28.4 Å². The molecule has 0 atom stereocenters. The molecule has 6 nitrogen and oxygen atoms in total. The van der Waals surface area contributed by atoms with Crippen LogP contribution in [0.3, 0.4) is 0 Å². The zero-order valence-electron chi connectivity index (χ0n) is 13.9. The Bertz CT molecular complexity index is 983. The van der Waals surface area contributed by atoms with Crippen molar-refractivity contribution in [1.82, 2.24) is 15.4 Å². The molecule has 0 aliphatic carbocycles. The number of ether oxygens (including phenoxy) is 1. The first-order chi connectivity index (χ1) is 12.0. The Labute approximate surface area is 144 Å². The van der Waals surface area contributed by atoms with Crippen LogP contribution in [0, 0.1) is 6.92 Å². The van der Waals surface area contributed by atoms with Gasteiger partial charge < -0.3 is 4.74 Å². The van der Waals surface area contributed by atoms with Crippen molar-refractivity contribution in [2.45, 2.75) is 6.92 Å². The Hall–Kier alpha value is -3.25. The van der Waals surface area contributed by atoms with Crippen LogP contribution in [-0.4, -0.2) is 28.2 Å². The summed E-state index contributed by atoms with van der Waals surface area (Å²) < 4.78 is 5.17. The van der Waals surface area contributed by atoms with Crippen molar-refractivity contribution < 1.29 is 14.7 Å². The number of carbonyl (C=O) groups is 1. The number of nitrogens with one attached hydrogen (secondary N) is 1. The van der Waals surface area contributed by atoms with Gasteiger partial charge in [-0.25, -0.2) is 15.4 Å². The zero-order valence-corrected chi connectivity index (χ0v) is 13.9. The van der Waals surface area contributed by atoms with Crippen molar-refractivity contribution in [3.63, 3.8) is 0 Å². The summed E-state index contributed by atoms with van der Waals surface area (Å²) in [7, 11) is 1.46. The molecular weight excluding hydrogens is 318 g/mol. The maximum atomic E-state index is 11.9. The Morgan fingerprint density at radius 1 is 1.20 bits per heavy atom. The SMILES string of the molecule is C=C(c1ccc(OC)c(C(=O)NO)c1)c1nc(C)nc2ccccc12. The number of carbonyl (C=O) groups excluding carboxylic acids is 1. The minimum Gasteiger partial charge on any atom is -0.496 e. The quantitative estimate of drug-likeness (QED) is 0.565. The van der Waals surface area contributed by atoms with E-state index in [2.05, 4.69) is 16.5 Å². The van der Waals surface area contributed by atoms with E-state index < -0.39 is 5.91 Å². The van der Waals surface area contributed by atoms with Crippen LogP contribution >= 0.6 is 0 Å². The standard InChI is InChI=1S/C19H17N3O3/c1-11(13-8-9-17(25-3)15(10-13)19(23)22-24)18-14-6-4-5-7-16(14)20-12(2)21-18/h4-10,24H,1H2,2-3H3,(H,22,23). The lowest BCUT2D eigenvalue weighted by molar-refractivity contribution is 0.0703. The molecule has 3 aromatic rings. The predicted molar refractivity (Wildman–Crippen MR) is 94.7 cm³/mol. The number of fused-ring (bicyclic) bond motifs is 1. The molecular formula is C19H17N3O3. The monoisotopic (exact) mass is 335 g/mol. The van der Waals surface area contributed by atoms with Crippen molar-refractivity contribution in [2.24, 2.45) is 0 Å². The largest absolute Gasteiger partial charge is 0.496 e. The molecule has 25 heavy (non-hydrogen) atoms. The molecule has 0 unspecified atom stereocenters. The number of aryl methyl sites for hydroxylation is 1. The maximum Gasteiger partial charge on any atom is 0.278 e. The van der Waals surface area contributed by atoms with E-state index in [1.54, 1.807) is 23.7 Å². The van der Waals surface area contributed by atoms with Crippen LogP contribution in [0.25, 0.3) is 16.5 Å². The molecule has 0 spiro atoms. The number of nitrogens with zero attached hydrogens (tertiary/aromatic N) is 2. The summed E-state index contributed by atoms with van der Waals surface area (Å²) in [5, 5.41) is 9.81. The summed E-state index contributed by atoms with van der Waals surface area (Å²) in [5.74, 6) is 0.332. The first kappa shape index (κ1) is 16.6. The molecule has 3 rings (SSSR count). The summed E-state index contributed by atoms with van der Waals surface area (Å²) in [6.07, 6.45) is 0. The topological polar surface area (TPSA) is 84.3 Å². The van der Waals surface area contributed by atoms with E-state index in [4.69, 9.17) is 9.94 Å². The molecule has 0 aliphatic rings. The van der Waals surface area contributed by atoms with E-state index in [1.165, 1.54) is 7.11 Å². The third kappa shape index (κ3) is 3.07. The van der Waals surface area contributed by atoms with Crippen LogP contribution in [0.2, 0.25) is 0 Å². The fourth-order valence-corrected chi connectivity index (χ4v) is 2.69. The molecule has 126 valence electrons. The minimum atomic E-state index is -0.657. The van der Waals surface area contributed by atoms with Gasteiger partial charge in [0.25, 0.3) is 5.91 Å². The number of amides is 1. The number of para-hydroxylation sites is 1. The Balaban J connectivity index is 2.15. The predicted octanol–water partition coefficient (Wildman–Crippen LogP) is 3.13. The fraction of sp³-hybridized carbons (Fsp3) is 0.105. The number of methoxy groups -OCH3 is 1. The summed E-state index contributed by atoms with van der Waals surface area (Å²) in [6.45, 7) is 5.96. The van der Waals surface area contributed by atoms with Crippen LogP contribution in [-0.2, 0) is 0 Å². The highest BCUT2D eigenvalue weighted by Crippen LogP contribution is 2.29. The van der Waals surface area contributed by atoms with Crippen molar-refractivity contribution in [1.29, 1.82) is 0 Å². The van der Waals surface area contributed by atoms with Crippen molar-refractivity contribution in [2.75, 3.05) is 7.11 Å². The van der Waals surface area contributed by atoms with E-state index in [1.807, 2.05) is 31.2 Å². The lowest BCUT2D eigenvalue weighted by atomic mass is 9.98. The summed E-state index contributed by atoms with van der Waals surface area (Å²) >= 11 is 0. The van der Waals surface area contributed by atoms with Gasteiger partial charge in [-0.3, -0.25) is 10.0 Å². The third-order valence-corrected chi connectivity index (χ3v) is 3.89. The molecule has 0 radical (unpaired) electrons. The van der Waals surface area contributed by atoms with Crippen LogP contribution in [0.4, 0.5) is 0 Å². The fourth-order valence-electron chi connectivity index (χ4n) is 2.69. The molecule has 0 fully saturated rings. The first-order valence-corrected chi connectivity index (χ1v) is 7.60. The van der Waals surface area contributed by atoms with Gasteiger partial charge in [-0.1, -0.05) is 30.8 Å². The first-order valence-electron chi connectivity index (χ1n) is 7.60. The second kappa shape index (κ2) is 6.70. The van der Waals surface area contributed by atoms with Gasteiger partial charge in [0.05, 0.1) is 23.9 Å². The number of benzene rings is 2. The average Bonchev–Trinajstić information content (AvgIpc) is 2.65. The van der Waals surface area contributed by atoms with E-state index in [0.717, 1.165) is 10.9 Å². The summed E-state index contributed by atoms with van der Waals surface area (Å²) in [5.41, 5.74) is 4.70. The van der Waals surface area contributed by atoms with Crippen molar-refractivity contribution in [3.8, 4) is 5.75 Å². The number of hydrogen-bond acceptors (Lipinski definition) is 5. The van der Waals surface area contributed by atoms with Crippen LogP contribution in [0.5, 0.6) is 5.75 Å². The summed E-state index contributed by atoms with van der Waals surface area (Å²) in [6, 6.07) is 12.7. The van der Waals surface area contributed by atoms with Crippen molar-refractivity contribution in [3.05, 3.63) is 71.7 Å². The number of rotatable bonds is 4. The normalized spacial score (nSPS) is 10.5. The van der Waals surface area contributed by atoms with Gasteiger partial charge in [0.2, 0.25) is 0 Å². The Kier molecular flexibility index (Phi) is 4.45. The Morgan fingerprint density at radius 2 is 1.96 bits per heavy atom. The Morgan fingerprint density at radius 3 is 2.68 bits per heavy atom. The lowest BCUT2D eigenvalue weighted by Gasteiger charge is -2.13. The summed E-state index contributed by atoms with van der Waals surface area (Å²) in [4.78, 5) is 20.8. The molecule has 0 saturated heterocycles. The highest BCUT2D eigenvalue weighted by atomic mass is 16.5. The van der Waals surface area contributed by atoms with E-state index >= 15 is 0 Å². The molecule has 0 aliphatic heterocycles. The highest BCUT2D eigenvalue weighted by molar-refractivity contribution is 5.99. The van der Waals surface area contributed by atoms with Gasteiger partial charge in [-0.15, -0.1) is 0 Å². The molecule has 2 N–H and O–H groups in total. The smallest absolute Gasteiger partial charge is 0.278 e. The molecule has 0 bridgehead atoms. The van der Waals surface area contributed by atoms with Crippen LogP contribution in [0.1, 0.15) is 27.4 Å². The number of hydrogen-bond donors (Lipinski definition) is 2. The van der Waals surface area contributed by atoms with Gasteiger partial charge in [0, 0.05) is 11.0 Å². The molecule has 0 saturated carbocycles. The minimum absolute atomic E-state index is 0.207. The van der Waals surface area contributed by atoms with Gasteiger partial charge in [-0.2, -0.15) is 0 Å². The highest BCUT2D eigenvalue weighted by Gasteiger charge is 2.16. The van der Waals surface area contributed by atoms with Crippen LogP contribution in [0.15, 0.2) is 49.0 Å². The molecule has 1 amide bonds. The van der Waals surface area contributed by atoms with Gasteiger partial charge >= 0.3 is 0 Å². The van der Waals surface area contributed by atoms with Gasteiger partial charge in [0.1, 0.15) is 11.6 Å². The van der Waals surface area contributed by atoms with E-state index in [9.17, 15) is 4.79 Å². The number of aromatic nitrogens is 2. The molecule has 1 heterocycles. The van der Waals surface area contributed by atoms with E-state index in [-0.39, 0.29) is 5.56 Å². The maximum absolute atomic E-state index is 11.9. The molecule has 6 heteroatoms. The second-order valence-corrected chi connectivity index (χ2v) is 5.47. The van der Waals surface area contributed by atoms with Crippen LogP contribution < -0.4 is 10.2 Å². The third-order valence-electron chi connectivity index (χ3n) is 3.89. The lowest BCUT2D eigenvalue weighted by Crippen LogP contribution is -2.19.